The third kappa shape index (κ3) is 1.98. The van der Waals surface area contributed by atoms with Crippen molar-refractivity contribution in [1.29, 1.82) is 0 Å². The standard InChI is InChI=1S/C10H8NO.Li/c12-10-6-2-1-4-8(10)9-5-3-7-11-9;/h1-7,12H;/q-1;+1/p-1. The molecule has 0 aliphatic carbocycles. The summed E-state index contributed by atoms with van der Waals surface area (Å²) in [6, 6.07) is 10.5. The Hall–Kier alpha value is -1.10. The Morgan fingerprint density at radius 3 is 2.38 bits per heavy atom. The summed E-state index contributed by atoms with van der Waals surface area (Å²) in [4.78, 5) is 4.05. The second kappa shape index (κ2) is 4.22. The van der Waals surface area contributed by atoms with E-state index in [1.807, 2.05) is 18.2 Å². The molecule has 0 spiro atoms. The largest absolute Gasteiger partial charge is 1.00 e. The summed E-state index contributed by atoms with van der Waals surface area (Å²) < 4.78 is 0. The van der Waals surface area contributed by atoms with Crippen molar-refractivity contribution in [2.75, 3.05) is 0 Å². The van der Waals surface area contributed by atoms with Gasteiger partial charge in [0.25, 0.3) is 0 Å². The molecule has 0 unspecified atom stereocenters. The summed E-state index contributed by atoms with van der Waals surface area (Å²) in [5, 5.41) is 11.3. The fourth-order valence-corrected chi connectivity index (χ4v) is 1.14. The fraction of sp³-hybridized carbons (Fsp3) is 0. The van der Waals surface area contributed by atoms with Crippen LogP contribution in [0, 0.1) is 0 Å². The van der Waals surface area contributed by atoms with Crippen molar-refractivity contribution in [3.63, 3.8) is 0 Å². The molecule has 1 aromatic heterocycles. The number of aromatic nitrogens is 1. The van der Waals surface area contributed by atoms with Crippen LogP contribution in [0.5, 0.6) is 5.75 Å². The number of rotatable bonds is 1. The van der Waals surface area contributed by atoms with E-state index in [2.05, 4.69) is 4.98 Å². The summed E-state index contributed by atoms with van der Waals surface area (Å²) in [5.41, 5.74) is 1.42. The molecule has 0 N–H and O–H groups in total. The Balaban J connectivity index is 0.000000845. The van der Waals surface area contributed by atoms with Crippen LogP contribution in [-0.4, -0.2) is 0 Å². The summed E-state index contributed by atoms with van der Waals surface area (Å²) in [7, 11) is 0. The van der Waals surface area contributed by atoms with Gasteiger partial charge in [0, 0.05) is 0 Å². The van der Waals surface area contributed by atoms with Gasteiger partial charge in [0.05, 0.1) is 0 Å². The molecule has 0 saturated carbocycles. The maximum atomic E-state index is 11.3. The van der Waals surface area contributed by atoms with Crippen molar-refractivity contribution in [3.05, 3.63) is 42.6 Å². The molecule has 0 saturated heterocycles. The van der Waals surface area contributed by atoms with E-state index in [4.69, 9.17) is 0 Å². The van der Waals surface area contributed by atoms with Crippen LogP contribution in [0.25, 0.3) is 11.3 Å². The second-order valence-corrected chi connectivity index (χ2v) is 2.52. The van der Waals surface area contributed by atoms with E-state index in [0.717, 1.165) is 5.69 Å². The topological polar surface area (TPSA) is 37.2 Å². The first-order valence-electron chi connectivity index (χ1n) is 3.72. The molecule has 0 amide bonds. The predicted molar refractivity (Wildman–Crippen MR) is 44.6 cm³/mol. The third-order valence-corrected chi connectivity index (χ3v) is 1.72. The van der Waals surface area contributed by atoms with Gasteiger partial charge in [-0.3, -0.25) is 0 Å². The van der Waals surface area contributed by atoms with E-state index in [0.29, 0.717) is 5.56 Å². The van der Waals surface area contributed by atoms with Crippen LogP contribution < -0.4 is 29.0 Å². The minimum Gasteiger partial charge on any atom is -0.872 e. The van der Waals surface area contributed by atoms with Crippen LogP contribution in [0.1, 0.15) is 0 Å². The van der Waals surface area contributed by atoms with Crippen LogP contribution in [-0.2, 0) is 0 Å². The molecule has 0 atom stereocenters. The molecular formula is C10H7LiNO-. The van der Waals surface area contributed by atoms with E-state index in [9.17, 15) is 5.11 Å². The first kappa shape index (κ1) is 9.98. The maximum Gasteiger partial charge on any atom is 1.00 e. The third-order valence-electron chi connectivity index (χ3n) is 1.72. The molecule has 2 nitrogen and oxygen atoms in total. The molecule has 3 heteroatoms. The molecule has 13 heavy (non-hydrogen) atoms. The Labute approximate surface area is 88.8 Å². The van der Waals surface area contributed by atoms with Crippen LogP contribution in [0.15, 0.2) is 42.6 Å². The van der Waals surface area contributed by atoms with Gasteiger partial charge in [0.1, 0.15) is 0 Å². The summed E-state index contributed by atoms with van der Waals surface area (Å²) in [5.74, 6) is 0.0243. The van der Waals surface area contributed by atoms with Gasteiger partial charge in [-0.1, -0.05) is 36.4 Å². The van der Waals surface area contributed by atoms with Gasteiger partial charge in [-0.2, -0.15) is 6.20 Å². The van der Waals surface area contributed by atoms with Crippen LogP contribution in [0.3, 0.4) is 0 Å². The van der Waals surface area contributed by atoms with E-state index in [-0.39, 0.29) is 24.6 Å². The Morgan fingerprint density at radius 2 is 1.77 bits per heavy atom. The van der Waals surface area contributed by atoms with Crippen molar-refractivity contribution in [1.82, 2.24) is 4.98 Å². The van der Waals surface area contributed by atoms with Gasteiger partial charge < -0.3 is 10.1 Å². The molecule has 2 rings (SSSR count). The van der Waals surface area contributed by atoms with Gasteiger partial charge in [-0.15, -0.1) is 11.4 Å². The fourth-order valence-electron chi connectivity index (χ4n) is 1.14. The average Bonchev–Trinajstić information content (AvgIpc) is 2.57. The molecule has 2 aromatic rings. The number of nitrogens with zero attached hydrogens (tertiary/aromatic N) is 1. The molecule has 0 radical (unpaired) electrons. The quantitative estimate of drug-likeness (QED) is 0.475. The molecule has 0 aliphatic heterocycles. The van der Waals surface area contributed by atoms with Crippen molar-refractivity contribution in [2.24, 2.45) is 0 Å². The van der Waals surface area contributed by atoms with Gasteiger partial charge in [0.15, 0.2) is 0 Å². The summed E-state index contributed by atoms with van der Waals surface area (Å²) in [6.07, 6.45) is 1.68. The Kier molecular flexibility index (Phi) is 3.24. The monoisotopic (exact) mass is 164 g/mol. The predicted octanol–water partition coefficient (Wildman–Crippen LogP) is -1.61. The van der Waals surface area contributed by atoms with E-state index >= 15 is 0 Å². The van der Waals surface area contributed by atoms with Crippen molar-refractivity contribution in [3.8, 4) is 17.0 Å². The number of para-hydroxylation sites is 1. The molecule has 1 heterocycles. The minimum atomic E-state index is 0. The number of hydrogen-bond donors (Lipinski definition) is 0. The molecule has 0 aliphatic rings. The maximum absolute atomic E-state index is 11.3. The summed E-state index contributed by atoms with van der Waals surface area (Å²) >= 11 is 0. The molecule has 60 valence electrons. The average molecular weight is 164 g/mol. The van der Waals surface area contributed by atoms with Gasteiger partial charge in [0.2, 0.25) is 0 Å². The van der Waals surface area contributed by atoms with Gasteiger partial charge in [-0.25, -0.2) is 0 Å². The smallest absolute Gasteiger partial charge is 0.872 e. The van der Waals surface area contributed by atoms with Crippen molar-refractivity contribution >= 4 is 0 Å². The van der Waals surface area contributed by atoms with Gasteiger partial charge in [-0.05, 0) is 5.56 Å². The second-order valence-electron chi connectivity index (χ2n) is 2.52. The molecular weight excluding hydrogens is 157 g/mol. The number of hydrogen-bond acceptors (Lipinski definition) is 1. The first-order chi connectivity index (χ1) is 5.88. The molecule has 1 aromatic carbocycles. The zero-order valence-corrected chi connectivity index (χ0v) is 7.40. The molecule has 0 fully saturated rings. The molecule has 0 bridgehead atoms. The van der Waals surface area contributed by atoms with Gasteiger partial charge >= 0.3 is 18.9 Å². The zero-order valence-electron chi connectivity index (χ0n) is 7.40. The first-order valence-corrected chi connectivity index (χ1v) is 3.72. The van der Waals surface area contributed by atoms with Crippen molar-refractivity contribution in [2.45, 2.75) is 0 Å². The van der Waals surface area contributed by atoms with E-state index in [1.54, 1.807) is 24.4 Å². The number of benzene rings is 1. The normalized spacial score (nSPS) is 9.23. The van der Waals surface area contributed by atoms with Crippen LogP contribution >= 0.6 is 0 Å². The summed E-state index contributed by atoms with van der Waals surface area (Å²) in [6.45, 7) is 0. The Bertz CT molecular complexity index is 370. The minimum absolute atomic E-state index is 0. The Morgan fingerprint density at radius 1 is 1.00 bits per heavy atom. The van der Waals surface area contributed by atoms with Crippen molar-refractivity contribution < 1.29 is 24.0 Å². The zero-order chi connectivity index (χ0) is 8.39. The van der Waals surface area contributed by atoms with Crippen LogP contribution in [0.4, 0.5) is 0 Å². The van der Waals surface area contributed by atoms with Crippen LogP contribution in [0.2, 0.25) is 0 Å². The SMILES string of the molecule is [Li+].[O-]c1ccccc1-c1ccc[n-]1. The van der Waals surface area contributed by atoms with E-state index in [1.165, 1.54) is 0 Å². The van der Waals surface area contributed by atoms with E-state index < -0.39 is 0 Å².